The van der Waals surface area contributed by atoms with Gasteiger partial charge in [-0.15, -0.1) is 0 Å². The van der Waals surface area contributed by atoms with E-state index in [0.29, 0.717) is 0 Å². The van der Waals surface area contributed by atoms with Gasteiger partial charge in [-0.2, -0.15) is 22.5 Å². The molecule has 0 fully saturated rings. The van der Waals surface area contributed by atoms with E-state index >= 15 is 0 Å². The lowest BCUT2D eigenvalue weighted by molar-refractivity contribution is 0.497. The first kappa shape index (κ1) is 27.9. The maximum Gasteiger partial charge on any atom is 0.227 e. The molecule has 2 bridgehead atoms. The molecule has 2 heterocycles. The summed E-state index contributed by atoms with van der Waals surface area (Å²) < 4.78 is 36.1. The lowest BCUT2D eigenvalue weighted by Gasteiger charge is -2.55. The van der Waals surface area contributed by atoms with Crippen LogP contribution in [0.5, 0.6) is 0 Å². The smallest absolute Gasteiger partial charge is 0.227 e. The third kappa shape index (κ3) is 4.51. The largest absolute Gasteiger partial charge is 0.248 e. The van der Waals surface area contributed by atoms with Crippen LogP contribution in [0.15, 0.2) is 18.1 Å². The van der Waals surface area contributed by atoms with Crippen LogP contribution in [0, 0.1) is 0 Å². The molecule has 1 N–H and O–H groups in total. The molecule has 2 unspecified atom stereocenters. The minimum atomic E-state index is -2.56. The Labute approximate surface area is 191 Å². The summed E-state index contributed by atoms with van der Waals surface area (Å²) in [7, 11) is 11.1. The zero-order valence-corrected chi connectivity index (χ0v) is 25.5. The fourth-order valence-electron chi connectivity index (χ4n) is 3.74. The summed E-state index contributed by atoms with van der Waals surface area (Å²) >= 11 is 0. The summed E-state index contributed by atoms with van der Waals surface area (Å²) in [6.07, 6.45) is 0. The van der Waals surface area contributed by atoms with Crippen LogP contribution < -0.4 is 5.09 Å². The molecule has 0 aromatic rings. The van der Waals surface area contributed by atoms with Gasteiger partial charge in [0.15, 0.2) is 0 Å². The van der Waals surface area contributed by atoms with Crippen molar-refractivity contribution in [3.05, 3.63) is 0 Å². The Bertz CT molecular complexity index is 873. The molecule has 0 aliphatic carbocycles. The molecule has 0 aromatic carbocycles. The summed E-state index contributed by atoms with van der Waals surface area (Å²) in [6, 6.07) is 0. The van der Waals surface area contributed by atoms with Gasteiger partial charge in [0, 0.05) is 12.1 Å². The molecule has 2 aliphatic rings. The van der Waals surface area contributed by atoms with Gasteiger partial charge in [-0.3, -0.25) is 0 Å². The van der Waals surface area contributed by atoms with Crippen molar-refractivity contribution in [2.45, 2.75) is 33.2 Å². The maximum absolute atomic E-state index is 5.66. The van der Waals surface area contributed by atoms with Crippen LogP contribution in [0.2, 0.25) is 0 Å². The highest BCUT2D eigenvalue weighted by Crippen LogP contribution is 2.90. The number of nitrogens with one attached hydrogen (secondary N) is 1. The molecule has 0 amide bonds. The first-order chi connectivity index (χ1) is 13.9. The summed E-state index contributed by atoms with van der Waals surface area (Å²) in [5.74, 6) is 0. The second kappa shape index (κ2) is 9.02. The molecule has 184 valence electrons. The van der Waals surface area contributed by atoms with Crippen molar-refractivity contribution in [1.82, 2.24) is 32.9 Å². The van der Waals surface area contributed by atoms with Crippen LogP contribution in [0.4, 0.5) is 0 Å². The van der Waals surface area contributed by atoms with Crippen LogP contribution in [0.3, 0.4) is 0 Å². The van der Waals surface area contributed by atoms with Gasteiger partial charge in [0.2, 0.25) is 30.0 Å². The van der Waals surface area contributed by atoms with Gasteiger partial charge in [0.25, 0.3) is 0 Å². The average molecular weight is 516 g/mol. The summed E-state index contributed by atoms with van der Waals surface area (Å²) in [6.45, 7) is 9.56. The molecule has 0 saturated heterocycles. The van der Waals surface area contributed by atoms with Crippen LogP contribution >= 0.6 is 30.0 Å². The van der Waals surface area contributed by atoms with Gasteiger partial charge in [-0.05, 0) is 91.2 Å². The van der Waals surface area contributed by atoms with E-state index in [2.05, 4.69) is 131 Å². The molecule has 11 nitrogen and oxygen atoms in total. The fraction of sp³-hybridized carbons (Fsp3) is 1.00. The van der Waals surface area contributed by atoms with Gasteiger partial charge >= 0.3 is 0 Å². The lowest BCUT2D eigenvalue weighted by atomic mass is 10.1. The van der Waals surface area contributed by atoms with Gasteiger partial charge in [0.1, 0.15) is 0 Å². The van der Waals surface area contributed by atoms with Crippen LogP contribution in [-0.4, -0.2) is 110 Å². The molecule has 0 spiro atoms. The standard InChI is InChI=1S/C16H45N11P4/c1-15-27-28(17-16(2,3)4)18-29(22(5)6,23(7)8)20-31(27,26(13)14)21-30(19-28,24(9)10)25(11)12/h17H,15H2,1-14H3. The van der Waals surface area contributed by atoms with Crippen LogP contribution in [0.25, 0.3) is 0 Å². The molecule has 2 rings (SSSR count). The molecule has 0 radical (unpaired) electrons. The number of fused-ring (bicyclic) bond motifs is 2. The second-order valence-corrected chi connectivity index (χ2v) is 22.5. The normalized spacial score (nSPS) is 30.4. The van der Waals surface area contributed by atoms with E-state index in [4.69, 9.17) is 18.1 Å². The number of hydrogen-bond donors (Lipinski definition) is 1. The highest BCUT2D eigenvalue weighted by molar-refractivity contribution is 7.91. The Kier molecular flexibility index (Phi) is 8.11. The lowest BCUT2D eigenvalue weighted by Crippen LogP contribution is -2.42. The molecular formula is C16H45N11P4. The molecular weight excluding hydrogens is 470 g/mol. The van der Waals surface area contributed by atoms with Crippen molar-refractivity contribution < 1.29 is 0 Å². The molecule has 31 heavy (non-hydrogen) atoms. The topological polar surface area (TPSA) is 80.9 Å². The van der Waals surface area contributed by atoms with E-state index < -0.39 is 30.0 Å². The van der Waals surface area contributed by atoms with Gasteiger partial charge < -0.3 is 0 Å². The van der Waals surface area contributed by atoms with Crippen molar-refractivity contribution in [2.75, 3.05) is 77.0 Å². The molecule has 2 aliphatic heterocycles. The monoisotopic (exact) mass is 515 g/mol. The van der Waals surface area contributed by atoms with Crippen molar-refractivity contribution in [3.63, 3.8) is 0 Å². The zero-order chi connectivity index (χ0) is 24.2. The van der Waals surface area contributed by atoms with E-state index in [1.54, 1.807) is 0 Å². The zero-order valence-electron chi connectivity index (χ0n) is 22.0. The number of hydrogen-bond acceptors (Lipinski definition) is 11. The Morgan fingerprint density at radius 1 is 0.645 bits per heavy atom. The van der Waals surface area contributed by atoms with Crippen molar-refractivity contribution in [1.29, 1.82) is 0 Å². The Morgan fingerprint density at radius 2 is 1.06 bits per heavy atom. The Hall–Kier alpha value is 0.640. The Morgan fingerprint density at radius 3 is 1.39 bits per heavy atom. The molecule has 0 aromatic heterocycles. The van der Waals surface area contributed by atoms with Gasteiger partial charge in [-0.25, -0.2) is 28.4 Å². The molecule has 2 atom stereocenters. The third-order valence-electron chi connectivity index (χ3n) is 5.05. The average Bonchev–Trinajstić information content (AvgIpc) is 2.57. The predicted octanol–water partition coefficient (Wildman–Crippen LogP) is 5.32. The summed E-state index contributed by atoms with van der Waals surface area (Å²) in [4.78, 5) is 0. The Balaban J connectivity index is 3.26. The second-order valence-electron chi connectivity index (χ2n) is 9.82. The molecule has 0 saturated carbocycles. The maximum atomic E-state index is 5.66. The summed E-state index contributed by atoms with van der Waals surface area (Å²) in [5.41, 5.74) is -0.173. The predicted molar refractivity (Wildman–Crippen MR) is 141 cm³/mol. The van der Waals surface area contributed by atoms with Crippen molar-refractivity contribution in [3.8, 4) is 0 Å². The minimum Gasteiger partial charge on any atom is -0.248 e. The van der Waals surface area contributed by atoms with Crippen LogP contribution in [-0.2, 0) is 0 Å². The first-order valence-electron chi connectivity index (χ1n) is 10.5. The van der Waals surface area contributed by atoms with Gasteiger partial charge in [-0.1, -0.05) is 6.92 Å². The van der Waals surface area contributed by atoms with Crippen LogP contribution in [0.1, 0.15) is 27.7 Å². The highest BCUT2D eigenvalue weighted by Gasteiger charge is 2.55. The number of rotatable bonds is 7. The first-order valence-corrected chi connectivity index (χ1v) is 16.9. The van der Waals surface area contributed by atoms with E-state index in [1.807, 2.05) is 0 Å². The highest BCUT2D eigenvalue weighted by atomic mass is 31.3. The van der Waals surface area contributed by atoms with E-state index in [9.17, 15) is 0 Å². The molecule has 15 heteroatoms. The third-order valence-corrected chi connectivity index (χ3v) is 22.4. The van der Waals surface area contributed by atoms with E-state index in [-0.39, 0.29) is 5.54 Å². The summed E-state index contributed by atoms with van der Waals surface area (Å²) in [5, 5.41) is 3.95. The number of nitrogens with zero attached hydrogens (tertiary/aromatic N) is 10. The van der Waals surface area contributed by atoms with E-state index in [1.165, 1.54) is 0 Å². The van der Waals surface area contributed by atoms with Crippen molar-refractivity contribution in [2.24, 2.45) is 18.1 Å². The van der Waals surface area contributed by atoms with Crippen molar-refractivity contribution >= 4 is 30.0 Å². The van der Waals surface area contributed by atoms with Gasteiger partial charge in [0.05, 0.1) is 0 Å². The fourth-order valence-corrected chi connectivity index (χ4v) is 26.0. The minimum absolute atomic E-state index is 0.173. The SMILES string of the molecule is CCN1P2(NC(C)(C)C)=NP(N(C)C)(N(C)C)=NP1(N(C)C)=NP(N(C)C)(N(C)C)=N2. The quantitative estimate of drug-likeness (QED) is 0.460. The van der Waals surface area contributed by atoms with E-state index in [0.717, 1.165) is 6.54 Å².